The van der Waals surface area contributed by atoms with Crippen molar-refractivity contribution in [3.05, 3.63) is 33.7 Å². The van der Waals surface area contributed by atoms with Crippen LogP contribution in [0.5, 0.6) is 0 Å². The fourth-order valence-corrected chi connectivity index (χ4v) is 4.08. The summed E-state index contributed by atoms with van der Waals surface area (Å²) in [5, 5.41) is 0. The minimum atomic E-state index is 0.690. The number of rotatable bonds is 5. The molecule has 124 valence electrons. The van der Waals surface area contributed by atoms with Gasteiger partial charge >= 0.3 is 0 Å². The largest absolute Gasteiger partial charge is 0.355 e. The minimum Gasteiger partial charge on any atom is -0.355 e. The van der Waals surface area contributed by atoms with Gasteiger partial charge < -0.3 is 9.80 Å². The molecule has 0 saturated carbocycles. The van der Waals surface area contributed by atoms with Crippen molar-refractivity contribution in [3.63, 3.8) is 0 Å². The van der Waals surface area contributed by atoms with E-state index >= 15 is 0 Å². The molecule has 0 aromatic carbocycles. The quantitative estimate of drug-likeness (QED) is 0.843. The molecular formula is C17H25N5S. The summed E-state index contributed by atoms with van der Waals surface area (Å²) < 4.78 is 0. The normalized spacial score (nSPS) is 18.1. The Labute approximate surface area is 142 Å². The Morgan fingerprint density at radius 3 is 2.83 bits per heavy atom. The SMILES string of the molecule is Cc1cnc(C)c(N2CC[C@@H](CN(C)Cc3scnc3C)C2)n1. The van der Waals surface area contributed by atoms with Crippen LogP contribution < -0.4 is 4.90 Å². The van der Waals surface area contributed by atoms with E-state index in [0.29, 0.717) is 5.92 Å². The second kappa shape index (κ2) is 6.93. The van der Waals surface area contributed by atoms with E-state index in [1.807, 2.05) is 25.6 Å². The number of nitrogens with zero attached hydrogens (tertiary/aromatic N) is 5. The summed E-state index contributed by atoms with van der Waals surface area (Å²) in [5.74, 6) is 1.75. The van der Waals surface area contributed by atoms with Gasteiger partial charge in [-0.15, -0.1) is 11.3 Å². The van der Waals surface area contributed by atoms with Gasteiger partial charge in [-0.1, -0.05) is 0 Å². The predicted molar refractivity (Wildman–Crippen MR) is 95.0 cm³/mol. The van der Waals surface area contributed by atoms with Crippen LogP contribution in [0.1, 0.15) is 28.4 Å². The lowest BCUT2D eigenvalue weighted by Gasteiger charge is -2.22. The molecule has 0 radical (unpaired) electrons. The molecule has 0 aliphatic carbocycles. The van der Waals surface area contributed by atoms with Gasteiger partial charge in [0.25, 0.3) is 0 Å². The van der Waals surface area contributed by atoms with Crippen molar-refractivity contribution >= 4 is 17.2 Å². The Bertz CT molecular complexity index is 669. The Kier molecular flexibility index (Phi) is 4.92. The maximum atomic E-state index is 4.68. The van der Waals surface area contributed by atoms with Crippen molar-refractivity contribution in [2.45, 2.75) is 33.7 Å². The molecule has 1 saturated heterocycles. The molecule has 0 spiro atoms. The molecule has 3 heterocycles. The predicted octanol–water partition coefficient (Wildman–Crippen LogP) is 2.82. The number of anilines is 1. The highest BCUT2D eigenvalue weighted by Gasteiger charge is 2.26. The smallest absolute Gasteiger partial charge is 0.150 e. The van der Waals surface area contributed by atoms with Crippen LogP contribution in [0.25, 0.3) is 0 Å². The van der Waals surface area contributed by atoms with Crippen molar-refractivity contribution in [2.75, 3.05) is 31.6 Å². The van der Waals surface area contributed by atoms with Crippen LogP contribution >= 0.6 is 11.3 Å². The molecule has 2 aromatic rings. The number of hydrogen-bond donors (Lipinski definition) is 0. The highest BCUT2D eigenvalue weighted by Crippen LogP contribution is 2.25. The molecule has 5 nitrogen and oxygen atoms in total. The maximum absolute atomic E-state index is 4.68. The molecule has 1 aliphatic heterocycles. The zero-order chi connectivity index (χ0) is 16.4. The number of aromatic nitrogens is 3. The summed E-state index contributed by atoms with van der Waals surface area (Å²) in [6.07, 6.45) is 3.07. The first-order chi connectivity index (χ1) is 11.0. The molecule has 6 heteroatoms. The van der Waals surface area contributed by atoms with Crippen LogP contribution in [0.4, 0.5) is 5.82 Å². The summed E-state index contributed by atoms with van der Waals surface area (Å²) in [5.41, 5.74) is 5.13. The van der Waals surface area contributed by atoms with E-state index in [0.717, 1.165) is 43.4 Å². The van der Waals surface area contributed by atoms with Crippen molar-refractivity contribution < 1.29 is 0 Å². The minimum absolute atomic E-state index is 0.690. The van der Waals surface area contributed by atoms with Crippen LogP contribution in [-0.4, -0.2) is 46.5 Å². The third-order valence-corrected chi connectivity index (χ3v) is 5.38. The zero-order valence-electron chi connectivity index (χ0n) is 14.4. The molecule has 1 atom stereocenters. The second-order valence-corrected chi connectivity index (χ2v) is 7.52. The van der Waals surface area contributed by atoms with Crippen molar-refractivity contribution in [1.29, 1.82) is 0 Å². The van der Waals surface area contributed by atoms with E-state index in [4.69, 9.17) is 0 Å². The van der Waals surface area contributed by atoms with Crippen LogP contribution in [0, 0.1) is 26.7 Å². The third kappa shape index (κ3) is 3.87. The van der Waals surface area contributed by atoms with Gasteiger partial charge in [-0.3, -0.25) is 4.98 Å². The molecule has 0 unspecified atom stereocenters. The Morgan fingerprint density at radius 2 is 2.09 bits per heavy atom. The van der Waals surface area contributed by atoms with Crippen molar-refractivity contribution in [1.82, 2.24) is 19.9 Å². The summed E-state index contributed by atoms with van der Waals surface area (Å²) >= 11 is 1.76. The molecule has 3 rings (SSSR count). The van der Waals surface area contributed by atoms with Gasteiger partial charge in [0.05, 0.1) is 22.6 Å². The molecule has 0 N–H and O–H groups in total. The summed E-state index contributed by atoms with van der Waals surface area (Å²) in [4.78, 5) is 19.7. The monoisotopic (exact) mass is 331 g/mol. The van der Waals surface area contributed by atoms with E-state index in [1.165, 1.54) is 17.0 Å². The first-order valence-electron chi connectivity index (χ1n) is 8.15. The van der Waals surface area contributed by atoms with Gasteiger partial charge in [0.1, 0.15) is 5.82 Å². The zero-order valence-corrected chi connectivity index (χ0v) is 15.2. The molecule has 2 aromatic heterocycles. The molecular weight excluding hydrogens is 306 g/mol. The standard InChI is InChI=1S/C17H25N5S/c1-12-7-18-14(3)17(20-12)22-6-5-15(9-22)8-21(4)10-16-13(2)19-11-23-16/h7,11,15H,5-6,8-10H2,1-4H3/t15-/m0/s1. The molecule has 0 bridgehead atoms. The summed E-state index contributed by atoms with van der Waals surface area (Å²) in [6, 6.07) is 0. The maximum Gasteiger partial charge on any atom is 0.150 e. The van der Waals surface area contributed by atoms with E-state index in [9.17, 15) is 0 Å². The average molecular weight is 331 g/mol. The van der Waals surface area contributed by atoms with Crippen LogP contribution in [0.15, 0.2) is 11.7 Å². The molecule has 23 heavy (non-hydrogen) atoms. The van der Waals surface area contributed by atoms with E-state index in [-0.39, 0.29) is 0 Å². The third-order valence-electron chi connectivity index (χ3n) is 4.46. The van der Waals surface area contributed by atoms with Gasteiger partial charge in [0.15, 0.2) is 0 Å². The Hall–Kier alpha value is -1.53. The second-order valence-electron chi connectivity index (χ2n) is 6.58. The van der Waals surface area contributed by atoms with Gasteiger partial charge in [0, 0.05) is 37.3 Å². The molecule has 1 aliphatic rings. The van der Waals surface area contributed by atoms with Gasteiger partial charge in [-0.25, -0.2) is 9.97 Å². The highest BCUT2D eigenvalue weighted by atomic mass is 32.1. The van der Waals surface area contributed by atoms with Crippen LogP contribution in [0.3, 0.4) is 0 Å². The highest BCUT2D eigenvalue weighted by molar-refractivity contribution is 7.09. The fraction of sp³-hybridized carbons (Fsp3) is 0.588. The van der Waals surface area contributed by atoms with Crippen LogP contribution in [-0.2, 0) is 6.54 Å². The number of hydrogen-bond acceptors (Lipinski definition) is 6. The first-order valence-corrected chi connectivity index (χ1v) is 9.03. The fourth-order valence-electron chi connectivity index (χ4n) is 3.23. The van der Waals surface area contributed by atoms with Gasteiger partial charge in [-0.05, 0) is 40.2 Å². The first kappa shape index (κ1) is 16.3. The van der Waals surface area contributed by atoms with Crippen molar-refractivity contribution in [3.8, 4) is 0 Å². The Balaban J connectivity index is 1.57. The summed E-state index contributed by atoms with van der Waals surface area (Å²) in [6.45, 7) is 10.4. The lowest BCUT2D eigenvalue weighted by atomic mass is 10.1. The number of aryl methyl sites for hydroxylation is 3. The van der Waals surface area contributed by atoms with E-state index in [2.05, 4.69) is 38.7 Å². The van der Waals surface area contributed by atoms with Gasteiger partial charge in [0.2, 0.25) is 0 Å². The van der Waals surface area contributed by atoms with Crippen LogP contribution in [0.2, 0.25) is 0 Å². The van der Waals surface area contributed by atoms with Gasteiger partial charge in [-0.2, -0.15) is 0 Å². The van der Waals surface area contributed by atoms with Crippen molar-refractivity contribution in [2.24, 2.45) is 5.92 Å². The van der Waals surface area contributed by atoms with E-state index in [1.54, 1.807) is 11.3 Å². The Morgan fingerprint density at radius 1 is 1.26 bits per heavy atom. The average Bonchev–Trinajstić information content (AvgIpc) is 3.12. The lowest BCUT2D eigenvalue weighted by Crippen LogP contribution is -2.28. The lowest BCUT2D eigenvalue weighted by molar-refractivity contribution is 0.281. The number of thiazole rings is 1. The molecule has 1 fully saturated rings. The summed E-state index contributed by atoms with van der Waals surface area (Å²) in [7, 11) is 2.21. The topological polar surface area (TPSA) is 45.2 Å². The molecule has 0 amide bonds. The van der Waals surface area contributed by atoms with E-state index < -0.39 is 0 Å².